The maximum Gasteiger partial charge on any atom is 0.248 e. The number of hydrogen-bond acceptors (Lipinski definition) is 2. The summed E-state index contributed by atoms with van der Waals surface area (Å²) in [6.07, 6.45) is 1.62. The molecule has 2 aromatic rings. The normalized spacial score (nSPS) is 18.7. The van der Waals surface area contributed by atoms with Crippen molar-refractivity contribution in [2.24, 2.45) is 0 Å². The van der Waals surface area contributed by atoms with E-state index in [1.54, 1.807) is 4.90 Å². The standard InChI is InChI=1S/C22H24ClIN2O/c1-16(14-18-6-4-5-7-20(18)24)26-13-12-22(26,2)21(27)25(3)15-17-8-10-19(23)11-9-17/h4-11H,1,12-15H2,2-3H3. The molecule has 1 saturated heterocycles. The molecule has 27 heavy (non-hydrogen) atoms. The number of hydrogen-bond donors (Lipinski definition) is 0. The van der Waals surface area contributed by atoms with E-state index in [0.29, 0.717) is 11.6 Å². The Morgan fingerprint density at radius 2 is 1.93 bits per heavy atom. The molecule has 142 valence electrons. The maximum absolute atomic E-state index is 13.2. The van der Waals surface area contributed by atoms with Crippen molar-refractivity contribution in [3.05, 3.63) is 80.5 Å². The van der Waals surface area contributed by atoms with Crippen molar-refractivity contribution in [1.82, 2.24) is 9.80 Å². The fraction of sp³-hybridized carbons (Fsp3) is 0.318. The number of likely N-dealkylation sites (N-methyl/N-ethyl adjacent to an activating group) is 1. The second-order valence-electron chi connectivity index (χ2n) is 7.30. The van der Waals surface area contributed by atoms with Crippen molar-refractivity contribution in [3.63, 3.8) is 0 Å². The highest BCUT2D eigenvalue weighted by atomic mass is 127. The van der Waals surface area contributed by atoms with Gasteiger partial charge in [-0.3, -0.25) is 4.79 Å². The van der Waals surface area contributed by atoms with Crippen LogP contribution in [0.15, 0.2) is 60.8 Å². The Kier molecular flexibility index (Phi) is 6.16. The largest absolute Gasteiger partial charge is 0.361 e. The summed E-state index contributed by atoms with van der Waals surface area (Å²) in [5.41, 5.74) is 2.81. The first-order valence-electron chi connectivity index (χ1n) is 9.00. The molecule has 0 spiro atoms. The third-order valence-corrected chi connectivity index (χ3v) is 6.60. The third kappa shape index (κ3) is 4.32. The second-order valence-corrected chi connectivity index (χ2v) is 8.90. The van der Waals surface area contributed by atoms with Gasteiger partial charge in [0, 0.05) is 40.8 Å². The third-order valence-electron chi connectivity index (χ3n) is 5.29. The van der Waals surface area contributed by atoms with Crippen LogP contribution in [0.3, 0.4) is 0 Å². The first-order valence-corrected chi connectivity index (χ1v) is 10.5. The van der Waals surface area contributed by atoms with Gasteiger partial charge in [0.15, 0.2) is 0 Å². The minimum absolute atomic E-state index is 0.132. The van der Waals surface area contributed by atoms with Crippen molar-refractivity contribution in [3.8, 4) is 0 Å². The Balaban J connectivity index is 1.67. The van der Waals surface area contributed by atoms with E-state index < -0.39 is 5.54 Å². The predicted molar refractivity (Wildman–Crippen MR) is 120 cm³/mol. The van der Waals surface area contributed by atoms with Gasteiger partial charge in [0.1, 0.15) is 5.54 Å². The number of carbonyl (C=O) groups is 1. The van der Waals surface area contributed by atoms with Gasteiger partial charge in [0.05, 0.1) is 0 Å². The Morgan fingerprint density at radius 1 is 1.26 bits per heavy atom. The number of benzene rings is 2. The molecule has 3 nitrogen and oxygen atoms in total. The molecular formula is C22H24ClIN2O. The molecule has 1 aliphatic heterocycles. The Labute approximate surface area is 180 Å². The first kappa shape index (κ1) is 20.2. The average molecular weight is 495 g/mol. The molecule has 1 unspecified atom stereocenters. The Morgan fingerprint density at radius 3 is 2.52 bits per heavy atom. The van der Waals surface area contributed by atoms with Crippen LogP contribution in [-0.4, -0.2) is 34.8 Å². The summed E-state index contributed by atoms with van der Waals surface area (Å²) in [7, 11) is 1.86. The summed E-state index contributed by atoms with van der Waals surface area (Å²) >= 11 is 8.30. The molecule has 1 atom stereocenters. The molecule has 1 amide bonds. The van der Waals surface area contributed by atoms with E-state index in [2.05, 4.69) is 46.2 Å². The minimum atomic E-state index is -0.515. The fourth-order valence-electron chi connectivity index (χ4n) is 3.59. The number of halogens is 2. The van der Waals surface area contributed by atoms with Gasteiger partial charge in [-0.1, -0.05) is 48.5 Å². The van der Waals surface area contributed by atoms with E-state index in [1.165, 1.54) is 9.13 Å². The molecule has 1 heterocycles. The van der Waals surface area contributed by atoms with Crippen molar-refractivity contribution in [2.75, 3.05) is 13.6 Å². The second kappa shape index (κ2) is 8.23. The molecule has 5 heteroatoms. The zero-order valence-electron chi connectivity index (χ0n) is 15.7. The summed E-state index contributed by atoms with van der Waals surface area (Å²) in [5, 5.41) is 0.705. The molecule has 0 saturated carbocycles. The van der Waals surface area contributed by atoms with Crippen LogP contribution in [0.25, 0.3) is 0 Å². The first-order chi connectivity index (χ1) is 12.8. The van der Waals surface area contributed by atoms with Gasteiger partial charge in [-0.25, -0.2) is 0 Å². The zero-order valence-corrected chi connectivity index (χ0v) is 18.6. The van der Waals surface area contributed by atoms with Crippen molar-refractivity contribution in [2.45, 2.75) is 31.8 Å². The van der Waals surface area contributed by atoms with Crippen LogP contribution in [0.2, 0.25) is 5.02 Å². The smallest absolute Gasteiger partial charge is 0.248 e. The van der Waals surface area contributed by atoms with E-state index >= 15 is 0 Å². The zero-order chi connectivity index (χ0) is 19.6. The van der Waals surface area contributed by atoms with Gasteiger partial charge in [-0.05, 0) is 65.3 Å². The lowest BCUT2D eigenvalue weighted by Gasteiger charge is -2.53. The minimum Gasteiger partial charge on any atom is -0.361 e. The number of likely N-dealkylation sites (tertiary alicyclic amines) is 1. The number of amides is 1. The van der Waals surface area contributed by atoms with Gasteiger partial charge in [-0.2, -0.15) is 0 Å². The van der Waals surface area contributed by atoms with Crippen molar-refractivity contribution >= 4 is 40.1 Å². The average Bonchev–Trinajstić information content (AvgIpc) is 2.63. The number of allylic oxidation sites excluding steroid dienone is 1. The van der Waals surface area contributed by atoms with Crippen LogP contribution in [0.5, 0.6) is 0 Å². The molecular weight excluding hydrogens is 471 g/mol. The highest BCUT2D eigenvalue weighted by Crippen LogP contribution is 2.36. The summed E-state index contributed by atoms with van der Waals surface area (Å²) in [6, 6.07) is 15.9. The van der Waals surface area contributed by atoms with E-state index in [-0.39, 0.29) is 5.91 Å². The lowest BCUT2D eigenvalue weighted by Crippen LogP contribution is -2.65. The lowest BCUT2D eigenvalue weighted by atomic mass is 9.83. The highest BCUT2D eigenvalue weighted by molar-refractivity contribution is 14.1. The van der Waals surface area contributed by atoms with E-state index in [1.807, 2.05) is 50.4 Å². The van der Waals surface area contributed by atoms with Gasteiger partial charge >= 0.3 is 0 Å². The summed E-state index contributed by atoms with van der Waals surface area (Å²) in [6.45, 7) is 7.75. The Bertz CT molecular complexity index is 852. The molecule has 0 aliphatic carbocycles. The van der Waals surface area contributed by atoms with E-state index in [9.17, 15) is 4.79 Å². The summed E-state index contributed by atoms with van der Waals surface area (Å²) in [5.74, 6) is 0.132. The Hall–Kier alpha value is -1.53. The molecule has 0 radical (unpaired) electrons. The van der Waals surface area contributed by atoms with Crippen LogP contribution in [0.1, 0.15) is 24.5 Å². The number of nitrogens with zero attached hydrogens (tertiary/aromatic N) is 2. The highest BCUT2D eigenvalue weighted by Gasteiger charge is 2.48. The molecule has 1 aliphatic rings. The quantitative estimate of drug-likeness (QED) is 0.520. The van der Waals surface area contributed by atoms with Crippen LogP contribution in [0.4, 0.5) is 0 Å². The SMILES string of the molecule is C=C(Cc1ccccc1I)N1CCC1(C)C(=O)N(C)Cc1ccc(Cl)cc1. The predicted octanol–water partition coefficient (Wildman–Crippen LogP) is 5.12. The molecule has 1 fully saturated rings. The number of rotatable bonds is 6. The molecule has 2 aromatic carbocycles. The van der Waals surface area contributed by atoms with Crippen molar-refractivity contribution in [1.29, 1.82) is 0 Å². The topological polar surface area (TPSA) is 23.6 Å². The van der Waals surface area contributed by atoms with Crippen LogP contribution < -0.4 is 0 Å². The lowest BCUT2D eigenvalue weighted by molar-refractivity contribution is -0.149. The van der Waals surface area contributed by atoms with Crippen LogP contribution in [-0.2, 0) is 17.8 Å². The van der Waals surface area contributed by atoms with Crippen LogP contribution >= 0.6 is 34.2 Å². The van der Waals surface area contributed by atoms with E-state index in [0.717, 1.165) is 30.6 Å². The van der Waals surface area contributed by atoms with Gasteiger partial charge < -0.3 is 9.80 Å². The molecule has 3 rings (SSSR count). The molecule has 0 bridgehead atoms. The maximum atomic E-state index is 13.2. The monoisotopic (exact) mass is 494 g/mol. The van der Waals surface area contributed by atoms with Gasteiger partial charge in [0.25, 0.3) is 0 Å². The van der Waals surface area contributed by atoms with Gasteiger partial charge in [-0.15, -0.1) is 0 Å². The molecule has 0 N–H and O–H groups in total. The van der Waals surface area contributed by atoms with Crippen LogP contribution in [0, 0.1) is 3.57 Å². The summed E-state index contributed by atoms with van der Waals surface area (Å²) in [4.78, 5) is 17.1. The fourth-order valence-corrected chi connectivity index (χ4v) is 4.30. The van der Waals surface area contributed by atoms with Gasteiger partial charge in [0.2, 0.25) is 5.91 Å². The molecule has 0 aromatic heterocycles. The summed E-state index contributed by atoms with van der Waals surface area (Å²) < 4.78 is 1.23. The number of carbonyl (C=O) groups excluding carboxylic acids is 1. The van der Waals surface area contributed by atoms with Crippen molar-refractivity contribution < 1.29 is 4.79 Å². The van der Waals surface area contributed by atoms with E-state index in [4.69, 9.17) is 11.6 Å².